The maximum Gasteiger partial charge on any atom is 0.236 e. The Morgan fingerprint density at radius 2 is 2.22 bits per heavy atom. The van der Waals surface area contributed by atoms with E-state index in [4.69, 9.17) is 15.2 Å². The van der Waals surface area contributed by atoms with Gasteiger partial charge in [0.25, 0.3) is 0 Å². The summed E-state index contributed by atoms with van der Waals surface area (Å²) in [6.07, 6.45) is 4.80. The van der Waals surface area contributed by atoms with Crippen LogP contribution in [0.5, 0.6) is 0 Å². The Labute approximate surface area is 109 Å². The SMILES string of the molecule is CCCC(N)C(=O)NCCCOC1CCOCC1. The second-order valence-electron chi connectivity index (χ2n) is 4.72. The molecule has 1 saturated heterocycles. The van der Waals surface area contributed by atoms with Crippen LogP contribution in [0.2, 0.25) is 0 Å². The minimum atomic E-state index is -0.369. The van der Waals surface area contributed by atoms with Crippen LogP contribution < -0.4 is 11.1 Å². The van der Waals surface area contributed by atoms with Crippen LogP contribution in [-0.4, -0.2) is 44.4 Å². The molecule has 1 fully saturated rings. The molecule has 0 spiro atoms. The van der Waals surface area contributed by atoms with E-state index < -0.39 is 0 Å². The largest absolute Gasteiger partial charge is 0.381 e. The zero-order valence-electron chi connectivity index (χ0n) is 11.3. The van der Waals surface area contributed by atoms with Crippen molar-refractivity contribution in [2.24, 2.45) is 5.73 Å². The summed E-state index contributed by atoms with van der Waals surface area (Å²) in [6, 6.07) is -0.369. The number of carbonyl (C=O) groups excluding carboxylic acids is 1. The molecule has 0 aromatic carbocycles. The Hall–Kier alpha value is -0.650. The molecule has 5 nitrogen and oxygen atoms in total. The molecule has 0 radical (unpaired) electrons. The van der Waals surface area contributed by atoms with E-state index in [9.17, 15) is 4.79 Å². The number of hydrogen-bond acceptors (Lipinski definition) is 4. The monoisotopic (exact) mass is 258 g/mol. The number of ether oxygens (including phenoxy) is 2. The van der Waals surface area contributed by atoms with Gasteiger partial charge in [-0.25, -0.2) is 0 Å². The normalized spacial score (nSPS) is 18.6. The van der Waals surface area contributed by atoms with Crippen LogP contribution in [0.1, 0.15) is 39.0 Å². The fourth-order valence-corrected chi connectivity index (χ4v) is 1.95. The third-order valence-corrected chi connectivity index (χ3v) is 3.08. The lowest BCUT2D eigenvalue weighted by molar-refractivity contribution is -0.122. The summed E-state index contributed by atoms with van der Waals surface area (Å²) >= 11 is 0. The molecular formula is C13H26N2O3. The molecular weight excluding hydrogens is 232 g/mol. The van der Waals surface area contributed by atoms with Crippen molar-refractivity contribution in [3.8, 4) is 0 Å². The Morgan fingerprint density at radius 1 is 1.50 bits per heavy atom. The number of hydrogen-bond donors (Lipinski definition) is 2. The molecule has 5 heteroatoms. The van der Waals surface area contributed by atoms with Crippen molar-refractivity contribution in [1.82, 2.24) is 5.32 Å². The van der Waals surface area contributed by atoms with Gasteiger partial charge in [-0.1, -0.05) is 13.3 Å². The van der Waals surface area contributed by atoms with Crippen molar-refractivity contribution in [1.29, 1.82) is 0 Å². The molecule has 0 aliphatic carbocycles. The molecule has 0 saturated carbocycles. The van der Waals surface area contributed by atoms with Crippen LogP contribution >= 0.6 is 0 Å². The number of nitrogens with one attached hydrogen (secondary N) is 1. The van der Waals surface area contributed by atoms with Gasteiger partial charge >= 0.3 is 0 Å². The van der Waals surface area contributed by atoms with E-state index >= 15 is 0 Å². The average Bonchev–Trinajstić information content (AvgIpc) is 2.39. The minimum absolute atomic E-state index is 0.0529. The van der Waals surface area contributed by atoms with Crippen molar-refractivity contribution in [3.63, 3.8) is 0 Å². The van der Waals surface area contributed by atoms with Crippen molar-refractivity contribution in [2.75, 3.05) is 26.4 Å². The van der Waals surface area contributed by atoms with E-state index in [-0.39, 0.29) is 11.9 Å². The van der Waals surface area contributed by atoms with Gasteiger partial charge in [0, 0.05) is 26.4 Å². The summed E-state index contributed by atoms with van der Waals surface area (Å²) in [5.41, 5.74) is 5.70. The molecule has 3 N–H and O–H groups in total. The second kappa shape index (κ2) is 9.30. The van der Waals surface area contributed by atoms with Gasteiger partial charge in [0.15, 0.2) is 0 Å². The topological polar surface area (TPSA) is 73.6 Å². The lowest BCUT2D eigenvalue weighted by atomic mass is 10.1. The summed E-state index contributed by atoms with van der Waals surface area (Å²) < 4.78 is 11.0. The van der Waals surface area contributed by atoms with Gasteiger partial charge in [0.1, 0.15) is 0 Å². The Morgan fingerprint density at radius 3 is 2.89 bits per heavy atom. The smallest absolute Gasteiger partial charge is 0.236 e. The third-order valence-electron chi connectivity index (χ3n) is 3.08. The molecule has 1 amide bonds. The Kier molecular flexibility index (Phi) is 7.96. The van der Waals surface area contributed by atoms with Crippen molar-refractivity contribution >= 4 is 5.91 Å². The van der Waals surface area contributed by atoms with E-state index in [0.717, 1.165) is 45.3 Å². The zero-order valence-corrected chi connectivity index (χ0v) is 11.3. The van der Waals surface area contributed by atoms with Crippen molar-refractivity contribution in [2.45, 2.75) is 51.2 Å². The standard InChI is InChI=1S/C13H26N2O3/c1-2-4-12(14)13(16)15-7-3-8-18-11-5-9-17-10-6-11/h11-12H,2-10,14H2,1H3,(H,15,16). The minimum Gasteiger partial charge on any atom is -0.381 e. The van der Waals surface area contributed by atoms with Crippen LogP contribution in [0.25, 0.3) is 0 Å². The molecule has 18 heavy (non-hydrogen) atoms. The summed E-state index contributed by atoms with van der Waals surface area (Å²) in [5.74, 6) is -0.0529. The van der Waals surface area contributed by atoms with Crippen LogP contribution in [0.3, 0.4) is 0 Å². The van der Waals surface area contributed by atoms with Crippen LogP contribution in [0.4, 0.5) is 0 Å². The highest BCUT2D eigenvalue weighted by Gasteiger charge is 2.14. The van der Waals surface area contributed by atoms with E-state index in [2.05, 4.69) is 5.32 Å². The number of amides is 1. The third kappa shape index (κ3) is 6.33. The Bertz CT molecular complexity index is 230. The van der Waals surface area contributed by atoms with E-state index in [0.29, 0.717) is 19.3 Å². The van der Waals surface area contributed by atoms with Gasteiger partial charge in [0.05, 0.1) is 12.1 Å². The van der Waals surface area contributed by atoms with Crippen LogP contribution in [-0.2, 0) is 14.3 Å². The first-order chi connectivity index (χ1) is 8.74. The van der Waals surface area contributed by atoms with Crippen molar-refractivity contribution < 1.29 is 14.3 Å². The molecule has 1 atom stereocenters. The number of rotatable bonds is 8. The molecule has 0 bridgehead atoms. The molecule has 1 aliphatic rings. The summed E-state index contributed by atoms with van der Waals surface area (Å²) in [6.45, 7) is 4.95. The molecule has 0 aromatic rings. The average molecular weight is 258 g/mol. The van der Waals surface area contributed by atoms with Crippen molar-refractivity contribution in [3.05, 3.63) is 0 Å². The summed E-state index contributed by atoms with van der Waals surface area (Å²) in [4.78, 5) is 11.5. The van der Waals surface area contributed by atoms with Gasteiger partial charge < -0.3 is 20.5 Å². The maximum atomic E-state index is 11.5. The van der Waals surface area contributed by atoms with E-state index in [1.807, 2.05) is 6.92 Å². The number of nitrogens with two attached hydrogens (primary N) is 1. The van der Waals surface area contributed by atoms with Gasteiger partial charge in [0.2, 0.25) is 5.91 Å². The highest BCUT2D eigenvalue weighted by Crippen LogP contribution is 2.10. The maximum absolute atomic E-state index is 11.5. The predicted octanol–water partition coefficient (Wildman–Crippen LogP) is 0.816. The number of carbonyl (C=O) groups is 1. The lowest BCUT2D eigenvalue weighted by Crippen LogP contribution is -2.41. The van der Waals surface area contributed by atoms with Crippen LogP contribution in [0, 0.1) is 0 Å². The zero-order chi connectivity index (χ0) is 13.2. The fourth-order valence-electron chi connectivity index (χ4n) is 1.95. The van der Waals surface area contributed by atoms with Gasteiger partial charge in [-0.2, -0.15) is 0 Å². The molecule has 1 rings (SSSR count). The first kappa shape index (κ1) is 15.4. The molecule has 1 heterocycles. The van der Waals surface area contributed by atoms with E-state index in [1.54, 1.807) is 0 Å². The molecule has 106 valence electrons. The van der Waals surface area contributed by atoms with Gasteiger partial charge in [-0.3, -0.25) is 4.79 Å². The highest BCUT2D eigenvalue weighted by atomic mass is 16.5. The summed E-state index contributed by atoms with van der Waals surface area (Å²) in [5, 5.41) is 2.84. The predicted molar refractivity (Wildman–Crippen MR) is 70.3 cm³/mol. The first-order valence-corrected chi connectivity index (χ1v) is 6.96. The quantitative estimate of drug-likeness (QED) is 0.632. The highest BCUT2D eigenvalue weighted by molar-refractivity contribution is 5.81. The second-order valence-corrected chi connectivity index (χ2v) is 4.72. The molecule has 1 unspecified atom stereocenters. The Balaban J connectivity index is 1.95. The first-order valence-electron chi connectivity index (χ1n) is 6.96. The summed E-state index contributed by atoms with van der Waals surface area (Å²) in [7, 11) is 0. The lowest BCUT2D eigenvalue weighted by Gasteiger charge is -2.22. The van der Waals surface area contributed by atoms with E-state index in [1.165, 1.54) is 0 Å². The van der Waals surface area contributed by atoms with Crippen LogP contribution in [0.15, 0.2) is 0 Å². The molecule has 0 aromatic heterocycles. The van der Waals surface area contributed by atoms with Gasteiger partial charge in [-0.05, 0) is 25.7 Å². The van der Waals surface area contributed by atoms with Gasteiger partial charge in [-0.15, -0.1) is 0 Å². The fraction of sp³-hybridized carbons (Fsp3) is 0.923. The molecule has 1 aliphatic heterocycles.